The van der Waals surface area contributed by atoms with E-state index in [1.807, 2.05) is 40.8 Å². The van der Waals surface area contributed by atoms with Gasteiger partial charge < -0.3 is 19.7 Å². The van der Waals surface area contributed by atoms with Crippen LogP contribution < -0.4 is 4.74 Å². The highest BCUT2D eigenvalue weighted by atomic mass is 127. The number of carbonyl (C=O) groups is 1. The molecule has 1 spiro atoms. The van der Waals surface area contributed by atoms with Crippen molar-refractivity contribution in [3.05, 3.63) is 77.9 Å². The molecular weight excluding hydrogens is 574 g/mol. The highest BCUT2D eigenvalue weighted by Crippen LogP contribution is 2.58. The Labute approximate surface area is 181 Å². The second kappa shape index (κ2) is 5.74. The monoisotopic (exact) mass is 584 g/mol. The molecule has 1 atom stereocenters. The summed E-state index contributed by atoms with van der Waals surface area (Å²) in [6, 6.07) is 13.6. The van der Waals surface area contributed by atoms with Crippen molar-refractivity contribution in [3.63, 3.8) is 0 Å². The first kappa shape index (κ1) is 17.1. The number of aromatic hydroxyl groups is 2. The lowest BCUT2D eigenvalue weighted by molar-refractivity contribution is 0.0223. The molecule has 2 aliphatic heterocycles. The molecule has 0 aliphatic carbocycles. The zero-order valence-electron chi connectivity index (χ0n) is 13.5. The molecule has 27 heavy (non-hydrogen) atoms. The van der Waals surface area contributed by atoms with Crippen LogP contribution in [0.4, 0.5) is 0 Å². The fourth-order valence-electron chi connectivity index (χ4n) is 3.73. The van der Waals surface area contributed by atoms with Gasteiger partial charge in [0.15, 0.2) is 11.4 Å². The molecule has 0 fully saturated rings. The molecule has 0 bridgehead atoms. The van der Waals surface area contributed by atoms with Gasteiger partial charge in [-0.25, -0.2) is 4.79 Å². The van der Waals surface area contributed by atoms with Crippen molar-refractivity contribution >= 4 is 51.2 Å². The zero-order chi connectivity index (χ0) is 18.9. The summed E-state index contributed by atoms with van der Waals surface area (Å²) in [5, 5.41) is 20.1. The number of phenols is 2. The Morgan fingerprint density at radius 3 is 2.52 bits per heavy atom. The van der Waals surface area contributed by atoms with Crippen LogP contribution in [0.1, 0.15) is 27.0 Å². The first-order chi connectivity index (χ1) is 12.9. The molecule has 0 saturated heterocycles. The quantitative estimate of drug-likeness (QED) is 0.292. The molecule has 0 saturated carbocycles. The van der Waals surface area contributed by atoms with E-state index in [-0.39, 0.29) is 11.5 Å². The molecule has 1 unspecified atom stereocenters. The summed E-state index contributed by atoms with van der Waals surface area (Å²) in [4.78, 5) is 12.8. The van der Waals surface area contributed by atoms with Crippen LogP contribution in [-0.2, 0) is 10.3 Å². The highest BCUT2D eigenvalue weighted by Gasteiger charge is 2.54. The molecule has 0 amide bonds. The molecule has 0 aromatic heterocycles. The van der Waals surface area contributed by atoms with E-state index >= 15 is 0 Å². The number of ether oxygens (including phenoxy) is 2. The Hall–Kier alpha value is -2.01. The third-order valence-electron chi connectivity index (χ3n) is 4.86. The Kier molecular flexibility index (Phi) is 3.64. The molecule has 3 aromatic rings. The minimum Gasteiger partial charge on any atom is -0.508 e. The topological polar surface area (TPSA) is 76.0 Å². The molecule has 134 valence electrons. The van der Waals surface area contributed by atoms with E-state index in [2.05, 4.69) is 22.6 Å². The first-order valence-corrected chi connectivity index (χ1v) is 10.1. The molecule has 5 rings (SSSR count). The predicted octanol–water partition coefficient (Wildman–Crippen LogP) is 4.88. The summed E-state index contributed by atoms with van der Waals surface area (Å²) in [6.45, 7) is 0. The molecule has 2 heterocycles. The van der Waals surface area contributed by atoms with E-state index in [9.17, 15) is 15.0 Å². The fraction of sp³-hybridized carbons (Fsp3) is 0.0500. The van der Waals surface area contributed by atoms with Crippen LogP contribution in [0.2, 0.25) is 0 Å². The summed E-state index contributed by atoms with van der Waals surface area (Å²) in [7, 11) is 0. The smallest absolute Gasteiger partial charge is 0.341 e. The maximum absolute atomic E-state index is 12.8. The molecule has 5 nitrogen and oxygen atoms in total. The number of benzene rings is 3. The summed E-state index contributed by atoms with van der Waals surface area (Å²) >= 11 is 4.12. The second-order valence-electron chi connectivity index (χ2n) is 6.29. The Morgan fingerprint density at radius 1 is 0.926 bits per heavy atom. The minimum atomic E-state index is -1.20. The lowest BCUT2D eigenvalue weighted by Crippen LogP contribution is -2.33. The molecular formula is C20H10I2O5. The fourth-order valence-corrected chi connectivity index (χ4v) is 5.03. The Balaban J connectivity index is 1.94. The predicted molar refractivity (Wildman–Crippen MR) is 113 cm³/mol. The number of rotatable bonds is 0. The largest absolute Gasteiger partial charge is 0.508 e. The van der Waals surface area contributed by atoms with Gasteiger partial charge in [0.25, 0.3) is 0 Å². The van der Waals surface area contributed by atoms with Crippen LogP contribution in [0.5, 0.6) is 23.0 Å². The lowest BCUT2D eigenvalue weighted by atomic mass is 9.77. The van der Waals surface area contributed by atoms with Crippen LogP contribution >= 0.6 is 45.2 Å². The van der Waals surface area contributed by atoms with E-state index in [4.69, 9.17) is 9.47 Å². The highest BCUT2D eigenvalue weighted by molar-refractivity contribution is 14.1. The van der Waals surface area contributed by atoms with Gasteiger partial charge in [-0.15, -0.1) is 0 Å². The SMILES string of the molecule is O=C1OC2(c3ccc(O)cc3Oc3c2ccc(O)c3I)c2cccc(I)c21. The van der Waals surface area contributed by atoms with Gasteiger partial charge in [0.2, 0.25) is 0 Å². The van der Waals surface area contributed by atoms with Crippen LogP contribution in [-0.4, -0.2) is 16.2 Å². The molecule has 3 aromatic carbocycles. The van der Waals surface area contributed by atoms with Crippen molar-refractivity contribution in [2.75, 3.05) is 0 Å². The third-order valence-corrected chi connectivity index (χ3v) is 6.80. The average molecular weight is 584 g/mol. The number of phenolic OH excluding ortho intramolecular Hbond substituents is 2. The summed E-state index contributed by atoms with van der Waals surface area (Å²) < 4.78 is 13.4. The van der Waals surface area contributed by atoms with Gasteiger partial charge in [0, 0.05) is 26.3 Å². The van der Waals surface area contributed by atoms with Gasteiger partial charge in [-0.05, 0) is 75.5 Å². The number of esters is 1. The zero-order valence-corrected chi connectivity index (χ0v) is 17.8. The van der Waals surface area contributed by atoms with E-state index in [1.165, 1.54) is 6.07 Å². The van der Waals surface area contributed by atoms with Crippen LogP contribution in [0.25, 0.3) is 0 Å². The number of hydrogen-bond acceptors (Lipinski definition) is 5. The third kappa shape index (κ3) is 2.18. The number of fused-ring (bicyclic) bond motifs is 6. The van der Waals surface area contributed by atoms with E-state index in [0.29, 0.717) is 31.8 Å². The van der Waals surface area contributed by atoms with Crippen molar-refractivity contribution < 1.29 is 24.5 Å². The maximum atomic E-state index is 12.8. The van der Waals surface area contributed by atoms with Crippen molar-refractivity contribution in [1.82, 2.24) is 0 Å². The van der Waals surface area contributed by atoms with Gasteiger partial charge in [-0.2, -0.15) is 0 Å². The normalized spacial score (nSPS) is 19.1. The van der Waals surface area contributed by atoms with Crippen LogP contribution in [0.15, 0.2) is 48.5 Å². The number of carbonyl (C=O) groups excluding carboxylic acids is 1. The number of hydrogen-bond donors (Lipinski definition) is 2. The van der Waals surface area contributed by atoms with Crippen molar-refractivity contribution in [3.8, 4) is 23.0 Å². The summed E-state index contributed by atoms with van der Waals surface area (Å²) in [5.74, 6) is 0.485. The Morgan fingerprint density at radius 2 is 1.70 bits per heavy atom. The summed E-state index contributed by atoms with van der Waals surface area (Å²) in [6.07, 6.45) is 0. The second-order valence-corrected chi connectivity index (χ2v) is 8.53. The number of halogens is 2. The van der Waals surface area contributed by atoms with Crippen LogP contribution in [0.3, 0.4) is 0 Å². The average Bonchev–Trinajstić information content (AvgIpc) is 2.93. The van der Waals surface area contributed by atoms with Gasteiger partial charge in [0.1, 0.15) is 17.2 Å². The van der Waals surface area contributed by atoms with Crippen molar-refractivity contribution in [1.29, 1.82) is 0 Å². The molecule has 0 radical (unpaired) electrons. The van der Waals surface area contributed by atoms with E-state index < -0.39 is 11.6 Å². The van der Waals surface area contributed by atoms with Crippen molar-refractivity contribution in [2.24, 2.45) is 0 Å². The molecule has 7 heteroatoms. The van der Waals surface area contributed by atoms with E-state index in [1.54, 1.807) is 24.3 Å². The van der Waals surface area contributed by atoms with Gasteiger partial charge in [-0.3, -0.25) is 0 Å². The standard InChI is InChI=1S/C20H10I2O5/c21-13-3-1-2-11-16(13)19(25)27-20(11)10-5-4-9(23)8-15(10)26-18-12(20)6-7-14(24)17(18)22/h1-8,23-24H. The van der Waals surface area contributed by atoms with Gasteiger partial charge >= 0.3 is 5.97 Å². The molecule has 2 N–H and O–H groups in total. The minimum absolute atomic E-state index is 0.0368. The first-order valence-electron chi connectivity index (χ1n) is 7.99. The summed E-state index contributed by atoms with van der Waals surface area (Å²) in [5.41, 5.74) is 1.31. The maximum Gasteiger partial charge on any atom is 0.341 e. The van der Waals surface area contributed by atoms with Crippen molar-refractivity contribution in [2.45, 2.75) is 5.60 Å². The van der Waals surface area contributed by atoms with E-state index in [0.717, 1.165) is 9.13 Å². The Bertz CT molecular complexity index is 1160. The van der Waals surface area contributed by atoms with Gasteiger partial charge in [-0.1, -0.05) is 12.1 Å². The van der Waals surface area contributed by atoms with Gasteiger partial charge in [0.05, 0.1) is 9.13 Å². The van der Waals surface area contributed by atoms with Crippen LogP contribution in [0, 0.1) is 7.14 Å². The lowest BCUT2D eigenvalue weighted by Gasteiger charge is -2.37. The molecule has 2 aliphatic rings.